The van der Waals surface area contributed by atoms with Crippen molar-refractivity contribution in [3.63, 3.8) is 0 Å². The number of esters is 1. The number of fused-ring (bicyclic) bond motifs is 5. The Bertz CT molecular complexity index is 1610. The topological polar surface area (TPSA) is 31.2 Å². The van der Waals surface area contributed by atoms with Crippen LogP contribution in [-0.2, 0) is 10.2 Å². The summed E-state index contributed by atoms with van der Waals surface area (Å²) in [5, 5.41) is 2.87. The molecule has 0 saturated heterocycles. The molecular formula is C29H22ClNO2. The van der Waals surface area contributed by atoms with Crippen LogP contribution in [0.1, 0.15) is 35.3 Å². The number of carbonyl (C=O) groups excluding carboxylic acids is 1. The summed E-state index contributed by atoms with van der Waals surface area (Å²) < 4.78 is 7.40. The summed E-state index contributed by atoms with van der Waals surface area (Å²) in [4.78, 5) is 12.5. The average molecular weight is 452 g/mol. The van der Waals surface area contributed by atoms with Crippen molar-refractivity contribution in [3.8, 4) is 16.8 Å². The molecular weight excluding hydrogens is 430 g/mol. The van der Waals surface area contributed by atoms with E-state index in [4.69, 9.17) is 16.3 Å². The van der Waals surface area contributed by atoms with Gasteiger partial charge in [-0.25, -0.2) is 4.79 Å². The molecule has 3 nitrogen and oxygen atoms in total. The predicted molar refractivity (Wildman–Crippen MR) is 135 cm³/mol. The van der Waals surface area contributed by atoms with Gasteiger partial charge in [0.15, 0.2) is 0 Å². The van der Waals surface area contributed by atoms with Crippen molar-refractivity contribution in [2.45, 2.75) is 19.3 Å². The first-order valence-corrected chi connectivity index (χ1v) is 11.4. The summed E-state index contributed by atoms with van der Waals surface area (Å²) in [5.41, 5.74) is 8.38. The molecule has 0 bridgehead atoms. The van der Waals surface area contributed by atoms with Crippen molar-refractivity contribution in [3.05, 3.63) is 101 Å². The highest BCUT2D eigenvalue weighted by Gasteiger charge is 2.34. The number of carbonyl (C=O) groups is 1. The molecule has 0 amide bonds. The lowest BCUT2D eigenvalue weighted by Crippen LogP contribution is -2.26. The second-order valence-corrected chi connectivity index (χ2v) is 9.53. The summed E-state index contributed by atoms with van der Waals surface area (Å²) in [6.07, 6.45) is 0. The zero-order valence-corrected chi connectivity index (χ0v) is 19.4. The molecule has 1 aliphatic heterocycles. The lowest BCUT2D eigenvalue weighted by atomic mass is 9.75. The maximum atomic E-state index is 12.5. The molecule has 0 N–H and O–H groups in total. The third-order valence-electron chi connectivity index (χ3n) is 6.98. The van der Waals surface area contributed by atoms with Gasteiger partial charge in [0.05, 0.1) is 29.4 Å². The van der Waals surface area contributed by atoms with Crippen molar-refractivity contribution in [1.29, 1.82) is 0 Å². The van der Waals surface area contributed by atoms with E-state index in [1.165, 1.54) is 34.8 Å². The van der Waals surface area contributed by atoms with E-state index in [0.717, 1.165) is 22.0 Å². The van der Waals surface area contributed by atoms with Gasteiger partial charge in [-0.05, 0) is 52.6 Å². The van der Waals surface area contributed by atoms with Gasteiger partial charge in [0.25, 0.3) is 0 Å². The van der Waals surface area contributed by atoms with Gasteiger partial charge in [0.2, 0.25) is 0 Å². The number of hydrogen-bond acceptors (Lipinski definition) is 2. The van der Waals surface area contributed by atoms with Gasteiger partial charge in [-0.3, -0.25) is 0 Å². The molecule has 0 atom stereocenters. The lowest BCUT2D eigenvalue weighted by Gasteiger charge is -2.34. The largest absolute Gasteiger partial charge is 0.465 e. The number of methoxy groups -OCH3 is 1. The molecule has 2 heterocycles. The number of para-hydroxylation sites is 2. The monoisotopic (exact) mass is 451 g/mol. The lowest BCUT2D eigenvalue weighted by molar-refractivity contribution is 0.0601. The number of rotatable bonds is 2. The molecule has 33 heavy (non-hydrogen) atoms. The first kappa shape index (κ1) is 20.1. The standard InChI is InChI=1S/C29H22ClNO2/c1-29(2)23-8-4-5-10-26(23)31-25-14-11-17(15-21(25)20-7-6-9-24(29)27(20)31)19-13-12-18(30)16-22(19)28(32)33-3/h4-16H,1-3H3. The van der Waals surface area contributed by atoms with Crippen LogP contribution in [0.5, 0.6) is 0 Å². The molecule has 4 aromatic carbocycles. The number of ether oxygens (including phenoxy) is 1. The SMILES string of the molecule is COC(=O)c1cc(Cl)ccc1-c1ccc2c(c1)c1cccc3c1n2-c1ccccc1C3(C)C. The number of nitrogens with zero attached hydrogens (tertiary/aromatic N) is 1. The summed E-state index contributed by atoms with van der Waals surface area (Å²) in [6, 6.07) is 27.0. The molecule has 5 aromatic rings. The first-order valence-electron chi connectivity index (χ1n) is 11.0. The summed E-state index contributed by atoms with van der Waals surface area (Å²) >= 11 is 6.19. The van der Waals surface area contributed by atoms with Gasteiger partial charge in [0.1, 0.15) is 0 Å². The number of halogens is 1. The quantitative estimate of drug-likeness (QED) is 0.260. The Morgan fingerprint density at radius 2 is 1.67 bits per heavy atom. The predicted octanol–water partition coefficient (Wildman–Crippen LogP) is 7.53. The molecule has 0 saturated carbocycles. The van der Waals surface area contributed by atoms with Crippen molar-refractivity contribution in [2.24, 2.45) is 0 Å². The Morgan fingerprint density at radius 3 is 2.48 bits per heavy atom. The van der Waals surface area contributed by atoms with E-state index < -0.39 is 5.97 Å². The van der Waals surface area contributed by atoms with Crippen LogP contribution in [-0.4, -0.2) is 17.6 Å². The molecule has 0 spiro atoms. The normalized spacial score (nSPS) is 13.8. The number of aromatic nitrogens is 1. The first-order chi connectivity index (χ1) is 15.9. The van der Waals surface area contributed by atoms with Gasteiger partial charge in [-0.2, -0.15) is 0 Å². The molecule has 1 aliphatic rings. The Balaban J connectivity index is 1.70. The summed E-state index contributed by atoms with van der Waals surface area (Å²) in [7, 11) is 1.39. The Morgan fingerprint density at radius 1 is 0.879 bits per heavy atom. The van der Waals surface area contributed by atoms with E-state index >= 15 is 0 Å². The van der Waals surface area contributed by atoms with Crippen molar-refractivity contribution < 1.29 is 9.53 Å². The molecule has 0 radical (unpaired) electrons. The zero-order valence-electron chi connectivity index (χ0n) is 18.6. The molecule has 0 fully saturated rings. The third kappa shape index (κ3) is 2.72. The highest BCUT2D eigenvalue weighted by atomic mass is 35.5. The highest BCUT2D eigenvalue weighted by molar-refractivity contribution is 6.31. The van der Waals surface area contributed by atoms with Gasteiger partial charge in [0, 0.05) is 21.2 Å². The van der Waals surface area contributed by atoms with Crippen LogP contribution in [0.4, 0.5) is 0 Å². The minimum Gasteiger partial charge on any atom is -0.465 e. The van der Waals surface area contributed by atoms with Crippen LogP contribution in [0.25, 0.3) is 38.6 Å². The van der Waals surface area contributed by atoms with Crippen molar-refractivity contribution >= 4 is 39.4 Å². The minimum absolute atomic E-state index is 0.0997. The van der Waals surface area contributed by atoms with E-state index in [2.05, 4.69) is 79.1 Å². The van der Waals surface area contributed by atoms with Crippen LogP contribution in [0.3, 0.4) is 0 Å². The van der Waals surface area contributed by atoms with Crippen LogP contribution in [0.15, 0.2) is 78.9 Å². The van der Waals surface area contributed by atoms with Gasteiger partial charge < -0.3 is 9.30 Å². The maximum absolute atomic E-state index is 12.5. The Labute approximate surface area is 197 Å². The molecule has 1 aromatic heterocycles. The Hall–Kier alpha value is -3.56. The maximum Gasteiger partial charge on any atom is 0.338 e. The molecule has 162 valence electrons. The average Bonchev–Trinajstić information content (AvgIpc) is 3.16. The van der Waals surface area contributed by atoms with Crippen molar-refractivity contribution in [1.82, 2.24) is 4.57 Å². The van der Waals surface area contributed by atoms with E-state index in [1.807, 2.05) is 12.1 Å². The fourth-order valence-electron chi connectivity index (χ4n) is 5.38. The van der Waals surface area contributed by atoms with Crippen LogP contribution < -0.4 is 0 Å². The number of hydrogen-bond donors (Lipinski definition) is 0. The van der Waals surface area contributed by atoms with E-state index in [-0.39, 0.29) is 5.41 Å². The van der Waals surface area contributed by atoms with E-state index in [1.54, 1.807) is 6.07 Å². The molecule has 4 heteroatoms. The van der Waals surface area contributed by atoms with Gasteiger partial charge in [-0.1, -0.05) is 74.0 Å². The molecule has 0 aliphatic carbocycles. The van der Waals surface area contributed by atoms with Crippen LogP contribution >= 0.6 is 11.6 Å². The highest BCUT2D eigenvalue weighted by Crippen LogP contribution is 2.47. The Kier molecular flexibility index (Phi) is 4.24. The number of benzene rings is 4. The van der Waals surface area contributed by atoms with E-state index in [9.17, 15) is 4.79 Å². The summed E-state index contributed by atoms with van der Waals surface area (Å²) in [6.45, 7) is 4.59. The van der Waals surface area contributed by atoms with Gasteiger partial charge >= 0.3 is 5.97 Å². The van der Waals surface area contributed by atoms with Crippen molar-refractivity contribution in [2.75, 3.05) is 7.11 Å². The summed E-state index contributed by atoms with van der Waals surface area (Å²) in [5.74, 6) is -0.397. The van der Waals surface area contributed by atoms with E-state index in [0.29, 0.717) is 10.6 Å². The zero-order chi connectivity index (χ0) is 22.9. The third-order valence-corrected chi connectivity index (χ3v) is 7.21. The minimum atomic E-state index is -0.397. The molecule has 0 unspecified atom stereocenters. The smallest absolute Gasteiger partial charge is 0.338 e. The van der Waals surface area contributed by atoms with Gasteiger partial charge in [-0.15, -0.1) is 0 Å². The van der Waals surface area contributed by atoms with Crippen LogP contribution in [0.2, 0.25) is 5.02 Å². The second-order valence-electron chi connectivity index (χ2n) is 9.09. The van der Waals surface area contributed by atoms with Crippen LogP contribution in [0, 0.1) is 0 Å². The molecule has 6 rings (SSSR count). The fraction of sp³-hybridized carbons (Fsp3) is 0.138. The second kappa shape index (κ2) is 6.97. The fourth-order valence-corrected chi connectivity index (χ4v) is 5.55.